The number of amides is 2. The summed E-state index contributed by atoms with van der Waals surface area (Å²) in [6, 6.07) is -1.92. The highest BCUT2D eigenvalue weighted by Crippen LogP contribution is 1.91. The first-order chi connectivity index (χ1) is 8.63. The molecule has 18 heavy (non-hydrogen) atoms. The number of aliphatic hydroxyl groups is 1. The molecule has 1 rings (SSSR count). The van der Waals surface area contributed by atoms with Crippen molar-refractivity contribution >= 4 is 12.0 Å². The summed E-state index contributed by atoms with van der Waals surface area (Å²) in [5, 5.41) is 28.3. The van der Waals surface area contributed by atoms with Crippen LogP contribution in [-0.4, -0.2) is 56.6 Å². The van der Waals surface area contributed by atoms with E-state index in [2.05, 4.69) is 25.8 Å². The second kappa shape index (κ2) is 7.22. The van der Waals surface area contributed by atoms with Crippen LogP contribution in [0.15, 0.2) is 6.33 Å². The fourth-order valence-electron chi connectivity index (χ4n) is 1.20. The Balaban J connectivity index is 2.15. The van der Waals surface area contributed by atoms with Crippen molar-refractivity contribution in [2.45, 2.75) is 18.9 Å². The lowest BCUT2D eigenvalue weighted by Gasteiger charge is -2.12. The maximum Gasteiger partial charge on any atom is 0.328 e. The average molecular weight is 257 g/mol. The Morgan fingerprint density at radius 2 is 2.28 bits per heavy atom. The molecule has 0 aliphatic rings. The Morgan fingerprint density at radius 1 is 1.50 bits per heavy atom. The number of aromatic nitrogens is 3. The van der Waals surface area contributed by atoms with Gasteiger partial charge >= 0.3 is 12.0 Å². The third-order valence-corrected chi connectivity index (χ3v) is 2.13. The summed E-state index contributed by atoms with van der Waals surface area (Å²) in [7, 11) is 0. The van der Waals surface area contributed by atoms with Crippen molar-refractivity contribution in [3.8, 4) is 0 Å². The molecule has 5 N–H and O–H groups in total. The number of aliphatic carboxylic acids is 1. The molecule has 1 aromatic rings. The topological polar surface area (TPSA) is 140 Å². The molecule has 9 heteroatoms. The van der Waals surface area contributed by atoms with Crippen LogP contribution in [-0.2, 0) is 11.2 Å². The van der Waals surface area contributed by atoms with Crippen LogP contribution < -0.4 is 10.6 Å². The van der Waals surface area contributed by atoms with Gasteiger partial charge in [-0.15, -0.1) is 0 Å². The third-order valence-electron chi connectivity index (χ3n) is 2.13. The van der Waals surface area contributed by atoms with Gasteiger partial charge in [0.1, 0.15) is 12.2 Å². The van der Waals surface area contributed by atoms with Gasteiger partial charge in [0, 0.05) is 13.0 Å². The number of hydrogen-bond acceptors (Lipinski definition) is 5. The molecule has 1 aromatic heterocycles. The number of urea groups is 1. The van der Waals surface area contributed by atoms with Crippen LogP contribution in [0.1, 0.15) is 12.2 Å². The average Bonchev–Trinajstić information content (AvgIpc) is 2.84. The van der Waals surface area contributed by atoms with Crippen molar-refractivity contribution in [3.63, 3.8) is 0 Å². The van der Waals surface area contributed by atoms with E-state index in [0.29, 0.717) is 19.4 Å². The van der Waals surface area contributed by atoms with Gasteiger partial charge < -0.3 is 20.8 Å². The van der Waals surface area contributed by atoms with Crippen LogP contribution >= 0.6 is 0 Å². The van der Waals surface area contributed by atoms with E-state index in [1.54, 1.807) is 0 Å². The van der Waals surface area contributed by atoms with Crippen LogP contribution in [0.4, 0.5) is 4.79 Å². The smallest absolute Gasteiger partial charge is 0.328 e. The van der Waals surface area contributed by atoms with Crippen LogP contribution in [0.5, 0.6) is 0 Å². The summed E-state index contributed by atoms with van der Waals surface area (Å²) in [5.74, 6) is -0.565. The second-order valence-corrected chi connectivity index (χ2v) is 3.51. The number of carboxylic acid groups (broad SMARTS) is 1. The Morgan fingerprint density at radius 3 is 2.83 bits per heavy atom. The van der Waals surface area contributed by atoms with E-state index < -0.39 is 24.6 Å². The molecule has 0 saturated heterocycles. The van der Waals surface area contributed by atoms with Crippen molar-refractivity contribution in [2.75, 3.05) is 13.2 Å². The molecule has 2 amide bonds. The summed E-state index contributed by atoms with van der Waals surface area (Å²) >= 11 is 0. The highest BCUT2D eigenvalue weighted by molar-refractivity contribution is 5.82. The van der Waals surface area contributed by atoms with E-state index in [-0.39, 0.29) is 0 Å². The highest BCUT2D eigenvalue weighted by Gasteiger charge is 2.17. The van der Waals surface area contributed by atoms with Crippen molar-refractivity contribution in [3.05, 3.63) is 12.2 Å². The predicted octanol–water partition coefficient (Wildman–Crippen LogP) is -1.52. The van der Waals surface area contributed by atoms with Crippen LogP contribution in [0.3, 0.4) is 0 Å². The van der Waals surface area contributed by atoms with Gasteiger partial charge in [-0.3, -0.25) is 5.10 Å². The molecule has 1 atom stereocenters. The van der Waals surface area contributed by atoms with Crippen LogP contribution in [0, 0.1) is 0 Å². The van der Waals surface area contributed by atoms with Crippen molar-refractivity contribution in [2.24, 2.45) is 0 Å². The fourth-order valence-corrected chi connectivity index (χ4v) is 1.20. The third kappa shape index (κ3) is 4.78. The van der Waals surface area contributed by atoms with E-state index >= 15 is 0 Å². The fraction of sp³-hybridized carbons (Fsp3) is 0.556. The van der Waals surface area contributed by atoms with Crippen LogP contribution in [0.2, 0.25) is 0 Å². The maximum absolute atomic E-state index is 11.2. The summed E-state index contributed by atoms with van der Waals surface area (Å²) in [5.41, 5.74) is 0. The van der Waals surface area contributed by atoms with E-state index in [9.17, 15) is 9.59 Å². The first-order valence-electron chi connectivity index (χ1n) is 5.35. The number of aryl methyl sites for hydroxylation is 1. The lowest BCUT2D eigenvalue weighted by molar-refractivity contribution is -0.140. The number of nitrogens with one attached hydrogen (secondary N) is 3. The zero-order valence-corrected chi connectivity index (χ0v) is 9.59. The van der Waals surface area contributed by atoms with Gasteiger partial charge in [0.2, 0.25) is 0 Å². The molecule has 9 nitrogen and oxygen atoms in total. The van der Waals surface area contributed by atoms with Crippen molar-refractivity contribution < 1.29 is 19.8 Å². The van der Waals surface area contributed by atoms with E-state index in [1.807, 2.05) is 0 Å². The van der Waals surface area contributed by atoms with Gasteiger partial charge in [-0.1, -0.05) is 0 Å². The number of rotatable bonds is 7. The minimum absolute atomic E-state index is 0.365. The summed E-state index contributed by atoms with van der Waals surface area (Å²) < 4.78 is 0. The molecule has 0 bridgehead atoms. The molecule has 0 fully saturated rings. The highest BCUT2D eigenvalue weighted by atomic mass is 16.4. The predicted molar refractivity (Wildman–Crippen MR) is 59.7 cm³/mol. The van der Waals surface area contributed by atoms with Gasteiger partial charge in [0.05, 0.1) is 6.61 Å². The number of aromatic amines is 1. The molecule has 0 aliphatic carbocycles. The Kier molecular flexibility index (Phi) is 5.58. The van der Waals surface area contributed by atoms with E-state index in [4.69, 9.17) is 10.2 Å². The van der Waals surface area contributed by atoms with Crippen LogP contribution in [0.25, 0.3) is 0 Å². The summed E-state index contributed by atoms with van der Waals surface area (Å²) in [6.07, 6.45) is 2.66. The number of aliphatic hydroxyl groups excluding tert-OH is 1. The number of carboxylic acids is 1. The lowest BCUT2D eigenvalue weighted by Crippen LogP contribution is -2.48. The Bertz CT molecular complexity index is 380. The Hall–Kier alpha value is -2.16. The zero-order valence-electron chi connectivity index (χ0n) is 9.59. The van der Waals surface area contributed by atoms with E-state index in [1.165, 1.54) is 6.33 Å². The molecule has 0 spiro atoms. The largest absolute Gasteiger partial charge is 0.480 e. The number of carbonyl (C=O) groups excluding carboxylic acids is 1. The monoisotopic (exact) mass is 257 g/mol. The van der Waals surface area contributed by atoms with E-state index in [0.717, 1.165) is 5.82 Å². The van der Waals surface area contributed by atoms with Gasteiger partial charge in [-0.05, 0) is 6.42 Å². The molecule has 0 aromatic carbocycles. The normalized spacial score (nSPS) is 11.8. The molecule has 0 aliphatic heterocycles. The molecule has 100 valence electrons. The van der Waals surface area contributed by atoms with Gasteiger partial charge in [0.25, 0.3) is 0 Å². The van der Waals surface area contributed by atoms with Gasteiger partial charge in [-0.2, -0.15) is 5.10 Å². The Labute approximate surface area is 103 Å². The number of carbonyl (C=O) groups is 2. The second-order valence-electron chi connectivity index (χ2n) is 3.51. The molecular formula is C9H15N5O4. The number of hydrogen-bond donors (Lipinski definition) is 5. The molecule has 0 unspecified atom stereocenters. The van der Waals surface area contributed by atoms with Crippen molar-refractivity contribution in [1.82, 2.24) is 25.8 Å². The molecule has 1 heterocycles. The summed E-state index contributed by atoms with van der Waals surface area (Å²) in [6.45, 7) is -0.287. The molecule has 0 radical (unpaired) electrons. The molecular weight excluding hydrogens is 242 g/mol. The quantitative estimate of drug-likeness (QED) is 0.376. The van der Waals surface area contributed by atoms with Crippen molar-refractivity contribution in [1.29, 1.82) is 0 Å². The number of H-pyrrole nitrogens is 1. The standard InChI is InChI=1S/C9H15N5O4/c15-4-6(8(16)17)13-9(18)10-3-1-2-7-11-5-12-14-7/h5-6,15H,1-4H2,(H,16,17)(H2,10,13,18)(H,11,12,14)/t6-/m1/s1. The first-order valence-corrected chi connectivity index (χ1v) is 5.35. The van der Waals surface area contributed by atoms with Gasteiger partial charge in [-0.25, -0.2) is 14.6 Å². The zero-order chi connectivity index (χ0) is 13.4. The SMILES string of the molecule is O=C(NCCCc1ncn[nH]1)N[C@H](CO)C(=O)O. The lowest BCUT2D eigenvalue weighted by atomic mass is 10.3. The summed E-state index contributed by atoms with van der Waals surface area (Å²) in [4.78, 5) is 25.7. The minimum atomic E-state index is -1.29. The number of nitrogens with zero attached hydrogens (tertiary/aromatic N) is 2. The maximum atomic E-state index is 11.2. The molecule has 0 saturated carbocycles. The van der Waals surface area contributed by atoms with Gasteiger partial charge in [0.15, 0.2) is 6.04 Å². The first kappa shape index (κ1) is 13.9. The minimum Gasteiger partial charge on any atom is -0.480 e.